The fourth-order valence-electron chi connectivity index (χ4n) is 5.58. The quantitative estimate of drug-likeness (QED) is 0.304. The van der Waals surface area contributed by atoms with Crippen molar-refractivity contribution >= 4 is 14.6 Å². The Morgan fingerprint density at radius 2 is 1.52 bits per heavy atom. The minimum Gasteiger partial charge on any atom is -0.212 e. The van der Waals surface area contributed by atoms with Crippen LogP contribution in [-0.2, 0) is 0 Å². The Morgan fingerprint density at radius 3 is 2.03 bits per heavy atom. The van der Waals surface area contributed by atoms with Crippen molar-refractivity contribution in [1.82, 2.24) is 0 Å². The van der Waals surface area contributed by atoms with Crippen LogP contribution in [0.25, 0.3) is 5.83 Å². The van der Waals surface area contributed by atoms with E-state index in [2.05, 4.69) is 6.92 Å². The van der Waals surface area contributed by atoms with Crippen LogP contribution in [0.1, 0.15) is 81.8 Å². The molecule has 5 heteroatoms. The second kappa shape index (κ2) is 10.8. The smallest absolute Gasteiger partial charge is 0.164 e. The molecule has 0 nitrogen and oxygen atoms in total. The summed E-state index contributed by atoms with van der Waals surface area (Å²) in [5.41, 5.74) is -0.301. The largest absolute Gasteiger partial charge is 0.212 e. The second-order valence-electron chi connectivity index (χ2n) is 9.29. The van der Waals surface area contributed by atoms with Gasteiger partial charge in [-0.3, -0.25) is 0 Å². The fourth-order valence-corrected chi connectivity index (χ4v) is 9.14. The summed E-state index contributed by atoms with van der Waals surface area (Å²) in [6, 6.07) is 6.24. The van der Waals surface area contributed by atoms with E-state index >= 15 is 0 Å². The average molecular weight is 427 g/mol. The van der Waals surface area contributed by atoms with E-state index in [0.717, 1.165) is 24.7 Å². The first kappa shape index (κ1) is 22.6. The monoisotopic (exact) mass is 426 g/mol. The molecule has 3 rings (SSSR count). The molecule has 0 atom stereocenters. The summed E-state index contributed by atoms with van der Waals surface area (Å²) < 4.78 is 53.9. The second-order valence-corrected chi connectivity index (χ2v) is 12.8. The molecule has 1 aliphatic carbocycles. The molecule has 1 saturated heterocycles. The molecule has 1 aromatic rings. The zero-order valence-electron chi connectivity index (χ0n) is 17.5. The number of hydrogen-bond donors (Lipinski definition) is 0. The van der Waals surface area contributed by atoms with Gasteiger partial charge in [-0.2, -0.15) is 0 Å². The van der Waals surface area contributed by atoms with Gasteiger partial charge in [-0.15, -0.1) is 0 Å². The maximum Gasteiger partial charge on any atom is 0.164 e. The molecule has 162 valence electrons. The summed E-state index contributed by atoms with van der Waals surface area (Å²) in [6.07, 6.45) is 11.3. The van der Waals surface area contributed by atoms with Crippen molar-refractivity contribution in [3.8, 4) is 0 Å². The van der Waals surface area contributed by atoms with Crippen molar-refractivity contribution in [2.75, 3.05) is 0 Å². The van der Waals surface area contributed by atoms with Crippen LogP contribution in [0, 0.1) is 23.5 Å². The lowest BCUT2D eigenvalue weighted by atomic mass is 9.79. The predicted octanol–water partition coefficient (Wildman–Crippen LogP) is 8.30. The van der Waals surface area contributed by atoms with E-state index in [1.807, 2.05) is 0 Å². The van der Waals surface area contributed by atoms with Crippen LogP contribution in [-0.4, -0.2) is 8.80 Å². The van der Waals surface area contributed by atoms with Gasteiger partial charge >= 0.3 is 0 Å². The van der Waals surface area contributed by atoms with E-state index in [0.29, 0.717) is 5.56 Å². The molecule has 2 fully saturated rings. The molecule has 0 amide bonds. The van der Waals surface area contributed by atoms with Crippen molar-refractivity contribution in [1.29, 1.82) is 0 Å². The van der Waals surface area contributed by atoms with Crippen LogP contribution in [0.4, 0.5) is 17.6 Å². The molecule has 0 radical (unpaired) electrons. The summed E-state index contributed by atoms with van der Waals surface area (Å²) in [4.78, 5) is 0. The van der Waals surface area contributed by atoms with Gasteiger partial charge in [0.15, 0.2) is 5.83 Å². The van der Waals surface area contributed by atoms with Crippen LogP contribution in [0.2, 0.25) is 18.1 Å². The summed E-state index contributed by atoms with van der Waals surface area (Å²) in [5.74, 6) is -1.49. The highest BCUT2D eigenvalue weighted by Crippen LogP contribution is 2.39. The van der Waals surface area contributed by atoms with E-state index in [4.69, 9.17) is 0 Å². The van der Waals surface area contributed by atoms with Crippen molar-refractivity contribution in [3.63, 3.8) is 0 Å². The van der Waals surface area contributed by atoms with Crippen molar-refractivity contribution < 1.29 is 17.6 Å². The molecule has 0 N–H and O–H groups in total. The first-order chi connectivity index (χ1) is 14.0. The summed E-state index contributed by atoms with van der Waals surface area (Å²) >= 11 is 0. The fraction of sp³-hybridized carbons (Fsp3) is 0.667. The number of halogens is 4. The van der Waals surface area contributed by atoms with Gasteiger partial charge in [0.25, 0.3) is 0 Å². The molecule has 29 heavy (non-hydrogen) atoms. The Morgan fingerprint density at radius 1 is 0.966 bits per heavy atom. The first-order valence-corrected chi connectivity index (χ1v) is 13.9. The standard InChI is InChI=1S/C24H34F4Si/c1-2-3-17-4-6-18(7-5-17)8-11-29-12-9-19(10-13-29)20-14-21(26)24(22(27)15-20)23(28)16-25/h14-19,29H,2-13H2,1H3/b23-16-/t17-,18-,19?,29?. The van der Waals surface area contributed by atoms with Crippen LogP contribution < -0.4 is 0 Å². The molecule has 1 saturated carbocycles. The van der Waals surface area contributed by atoms with Gasteiger partial charge in [0.2, 0.25) is 0 Å². The third-order valence-electron chi connectivity index (χ3n) is 7.36. The SMILES string of the molecule is CCC[C@H]1CC[C@H](CC[SiH]2CCC(c3cc(F)c(/C(F)=C/F)c(F)c3)CC2)CC1. The third kappa shape index (κ3) is 5.96. The zero-order chi connectivity index (χ0) is 20.8. The van der Waals surface area contributed by atoms with Gasteiger partial charge in [0.1, 0.15) is 18.0 Å². The lowest BCUT2D eigenvalue weighted by Crippen LogP contribution is -2.22. The zero-order valence-corrected chi connectivity index (χ0v) is 18.7. The van der Waals surface area contributed by atoms with E-state index in [9.17, 15) is 17.6 Å². The summed E-state index contributed by atoms with van der Waals surface area (Å²) in [6.45, 7) is 2.28. The normalized spacial score (nSPS) is 28.5. The summed E-state index contributed by atoms with van der Waals surface area (Å²) in [7, 11) is -0.750. The first-order valence-electron chi connectivity index (χ1n) is 11.5. The number of rotatable bonds is 7. The molecule has 0 unspecified atom stereocenters. The Labute approximate surface area is 174 Å². The molecule has 0 aromatic heterocycles. The minimum absolute atomic E-state index is 0.138. The predicted molar refractivity (Wildman–Crippen MR) is 115 cm³/mol. The van der Waals surface area contributed by atoms with Gasteiger partial charge in [-0.05, 0) is 48.3 Å². The molecule has 1 aromatic carbocycles. The molecule has 1 aliphatic heterocycles. The van der Waals surface area contributed by atoms with Crippen LogP contribution in [0.3, 0.4) is 0 Å². The van der Waals surface area contributed by atoms with Gasteiger partial charge in [-0.1, -0.05) is 70.0 Å². The van der Waals surface area contributed by atoms with E-state index < -0.39 is 38.2 Å². The molecule has 2 aliphatic rings. The Balaban J connectivity index is 1.46. The topological polar surface area (TPSA) is 0 Å². The molecular weight excluding hydrogens is 392 g/mol. The van der Waals surface area contributed by atoms with Gasteiger partial charge < -0.3 is 0 Å². The van der Waals surface area contributed by atoms with Crippen molar-refractivity contribution in [2.45, 2.75) is 88.8 Å². The molecule has 1 heterocycles. The van der Waals surface area contributed by atoms with Gasteiger partial charge in [0.05, 0.1) is 5.56 Å². The van der Waals surface area contributed by atoms with E-state index in [1.54, 1.807) is 0 Å². The molecular formula is C24H34F4Si. The Bertz CT molecular complexity index is 663. The van der Waals surface area contributed by atoms with Crippen LogP contribution in [0.15, 0.2) is 18.5 Å². The third-order valence-corrected chi connectivity index (χ3v) is 10.8. The van der Waals surface area contributed by atoms with Crippen molar-refractivity contribution in [3.05, 3.63) is 41.2 Å². The highest BCUT2D eigenvalue weighted by Gasteiger charge is 2.27. The van der Waals surface area contributed by atoms with Gasteiger partial charge in [0, 0.05) is 8.80 Å². The highest BCUT2D eigenvalue weighted by atomic mass is 28.3. The maximum atomic E-state index is 14.1. The number of hydrogen-bond acceptors (Lipinski definition) is 0. The Kier molecular flexibility index (Phi) is 8.40. The molecule has 0 bridgehead atoms. The highest BCUT2D eigenvalue weighted by molar-refractivity contribution is 6.59. The summed E-state index contributed by atoms with van der Waals surface area (Å²) in [5, 5.41) is 0. The van der Waals surface area contributed by atoms with E-state index in [1.165, 1.54) is 75.2 Å². The Hall–Kier alpha value is -1.10. The van der Waals surface area contributed by atoms with Crippen LogP contribution >= 0.6 is 0 Å². The minimum atomic E-state index is -1.49. The van der Waals surface area contributed by atoms with Crippen LogP contribution in [0.5, 0.6) is 0 Å². The average Bonchev–Trinajstić information content (AvgIpc) is 2.73. The molecule has 0 spiro atoms. The number of benzene rings is 1. The van der Waals surface area contributed by atoms with Crippen molar-refractivity contribution in [2.24, 2.45) is 11.8 Å². The van der Waals surface area contributed by atoms with Gasteiger partial charge in [-0.25, -0.2) is 17.6 Å². The van der Waals surface area contributed by atoms with E-state index in [-0.39, 0.29) is 5.92 Å². The lowest BCUT2D eigenvalue weighted by molar-refractivity contribution is 0.257. The maximum absolute atomic E-state index is 14.1. The lowest BCUT2D eigenvalue weighted by Gasteiger charge is -2.31.